The summed E-state index contributed by atoms with van der Waals surface area (Å²) < 4.78 is 5.34. The van der Waals surface area contributed by atoms with E-state index in [1.54, 1.807) is 7.11 Å². The molecule has 0 N–H and O–H groups in total. The second-order valence-corrected chi connectivity index (χ2v) is 5.22. The van der Waals surface area contributed by atoms with Crippen LogP contribution in [0.5, 0.6) is 5.75 Å². The van der Waals surface area contributed by atoms with Crippen LogP contribution in [-0.2, 0) is 6.54 Å². The van der Waals surface area contributed by atoms with Crippen molar-refractivity contribution in [2.24, 2.45) is 0 Å². The van der Waals surface area contributed by atoms with Gasteiger partial charge in [-0.05, 0) is 35.9 Å². The lowest BCUT2D eigenvalue weighted by molar-refractivity contribution is 0.294. The fraction of sp³-hybridized carbons (Fsp3) is 0.294. The molecule has 0 aliphatic carbocycles. The van der Waals surface area contributed by atoms with E-state index in [0.717, 1.165) is 18.8 Å². The van der Waals surface area contributed by atoms with Crippen molar-refractivity contribution in [1.82, 2.24) is 4.90 Å². The van der Waals surface area contributed by atoms with Gasteiger partial charge in [0.05, 0.1) is 7.11 Å². The Morgan fingerprint density at radius 3 is 2.63 bits per heavy atom. The number of fused-ring (bicyclic) bond motifs is 1. The molecule has 19 heavy (non-hydrogen) atoms. The largest absolute Gasteiger partial charge is 0.497 e. The molecular weight excluding hydrogens is 234 g/mol. The Labute approximate surface area is 114 Å². The molecule has 2 aromatic carbocycles. The summed E-state index contributed by atoms with van der Waals surface area (Å²) in [7, 11) is 3.90. The van der Waals surface area contributed by atoms with Gasteiger partial charge in [0.1, 0.15) is 5.75 Å². The third-order valence-electron chi connectivity index (χ3n) is 3.86. The van der Waals surface area contributed by atoms with Gasteiger partial charge in [-0.25, -0.2) is 0 Å². The number of hydrogen-bond donors (Lipinski definition) is 0. The molecule has 1 aliphatic heterocycles. The highest BCUT2D eigenvalue weighted by Crippen LogP contribution is 2.34. The van der Waals surface area contributed by atoms with E-state index in [0.29, 0.717) is 5.92 Å². The summed E-state index contributed by atoms with van der Waals surface area (Å²) >= 11 is 0. The summed E-state index contributed by atoms with van der Waals surface area (Å²) in [6, 6.07) is 17.2. The fourth-order valence-electron chi connectivity index (χ4n) is 2.92. The van der Waals surface area contributed by atoms with Crippen molar-refractivity contribution in [3.63, 3.8) is 0 Å². The molecule has 0 aromatic heterocycles. The van der Waals surface area contributed by atoms with Crippen LogP contribution in [-0.4, -0.2) is 25.6 Å². The zero-order chi connectivity index (χ0) is 13.2. The highest BCUT2D eigenvalue weighted by Gasteiger charge is 2.24. The molecule has 0 saturated heterocycles. The van der Waals surface area contributed by atoms with Crippen LogP contribution in [0.1, 0.15) is 22.6 Å². The molecule has 2 heteroatoms. The number of benzene rings is 2. The van der Waals surface area contributed by atoms with E-state index in [1.807, 2.05) is 0 Å². The zero-order valence-electron chi connectivity index (χ0n) is 11.5. The van der Waals surface area contributed by atoms with E-state index in [4.69, 9.17) is 4.74 Å². The second-order valence-electron chi connectivity index (χ2n) is 5.22. The third-order valence-corrected chi connectivity index (χ3v) is 3.86. The number of rotatable bonds is 2. The average molecular weight is 253 g/mol. The maximum absolute atomic E-state index is 5.34. The van der Waals surface area contributed by atoms with Gasteiger partial charge in [0, 0.05) is 19.0 Å². The van der Waals surface area contributed by atoms with Crippen molar-refractivity contribution in [3.8, 4) is 5.75 Å². The minimum atomic E-state index is 0.459. The van der Waals surface area contributed by atoms with Crippen molar-refractivity contribution in [2.75, 3.05) is 20.7 Å². The molecule has 0 saturated carbocycles. The molecule has 1 heterocycles. The van der Waals surface area contributed by atoms with Gasteiger partial charge in [-0.3, -0.25) is 0 Å². The zero-order valence-corrected chi connectivity index (χ0v) is 11.5. The molecule has 1 aliphatic rings. The number of hydrogen-bond acceptors (Lipinski definition) is 2. The smallest absolute Gasteiger partial charge is 0.119 e. The first-order valence-corrected chi connectivity index (χ1v) is 6.68. The number of likely N-dealkylation sites (N-methyl/N-ethyl adjacent to an activating group) is 1. The molecule has 3 rings (SSSR count). The Morgan fingerprint density at radius 2 is 1.89 bits per heavy atom. The molecular formula is C17H19NO. The molecule has 2 nitrogen and oxygen atoms in total. The van der Waals surface area contributed by atoms with Crippen molar-refractivity contribution >= 4 is 0 Å². The van der Waals surface area contributed by atoms with E-state index in [9.17, 15) is 0 Å². The van der Waals surface area contributed by atoms with Crippen LogP contribution >= 0.6 is 0 Å². The topological polar surface area (TPSA) is 12.5 Å². The number of ether oxygens (including phenoxy) is 1. The summed E-state index contributed by atoms with van der Waals surface area (Å²) in [5.74, 6) is 1.40. The molecule has 1 atom stereocenters. The van der Waals surface area contributed by atoms with Crippen LogP contribution in [0.15, 0.2) is 48.5 Å². The molecule has 0 spiro atoms. The predicted molar refractivity (Wildman–Crippen MR) is 77.6 cm³/mol. The minimum Gasteiger partial charge on any atom is -0.497 e. The molecule has 2 aromatic rings. The second kappa shape index (κ2) is 5.06. The van der Waals surface area contributed by atoms with E-state index in [1.165, 1.54) is 16.7 Å². The summed E-state index contributed by atoms with van der Waals surface area (Å²) in [6.07, 6.45) is 0. The van der Waals surface area contributed by atoms with Crippen LogP contribution in [0.4, 0.5) is 0 Å². The minimum absolute atomic E-state index is 0.459. The predicted octanol–water partition coefficient (Wildman–Crippen LogP) is 3.27. The Kier molecular flexibility index (Phi) is 3.26. The summed E-state index contributed by atoms with van der Waals surface area (Å²) in [4.78, 5) is 2.37. The maximum Gasteiger partial charge on any atom is 0.119 e. The average Bonchev–Trinajstić information content (AvgIpc) is 2.46. The van der Waals surface area contributed by atoms with Crippen LogP contribution in [0.2, 0.25) is 0 Å². The van der Waals surface area contributed by atoms with Gasteiger partial charge in [0.2, 0.25) is 0 Å². The van der Waals surface area contributed by atoms with Crippen molar-refractivity contribution in [3.05, 3.63) is 65.2 Å². The van der Waals surface area contributed by atoms with Crippen LogP contribution < -0.4 is 4.74 Å². The SMILES string of the molecule is COc1ccc2c(c1)CN(C)C[C@@H]2c1ccccc1. The van der Waals surface area contributed by atoms with Gasteiger partial charge in [0.25, 0.3) is 0 Å². The summed E-state index contributed by atoms with van der Waals surface area (Å²) in [5.41, 5.74) is 4.20. The highest BCUT2D eigenvalue weighted by molar-refractivity contribution is 5.44. The van der Waals surface area contributed by atoms with Gasteiger partial charge >= 0.3 is 0 Å². The molecule has 0 amide bonds. The van der Waals surface area contributed by atoms with Crippen molar-refractivity contribution < 1.29 is 4.74 Å². The quantitative estimate of drug-likeness (QED) is 0.814. The number of nitrogens with zero attached hydrogens (tertiary/aromatic N) is 1. The molecule has 98 valence electrons. The van der Waals surface area contributed by atoms with Gasteiger partial charge in [-0.1, -0.05) is 36.4 Å². The maximum atomic E-state index is 5.34. The summed E-state index contributed by atoms with van der Waals surface area (Å²) in [5, 5.41) is 0. The van der Waals surface area contributed by atoms with E-state index in [-0.39, 0.29) is 0 Å². The lowest BCUT2D eigenvalue weighted by Gasteiger charge is -2.32. The van der Waals surface area contributed by atoms with Gasteiger partial charge in [-0.2, -0.15) is 0 Å². The molecule has 0 radical (unpaired) electrons. The van der Waals surface area contributed by atoms with Crippen LogP contribution in [0.25, 0.3) is 0 Å². The van der Waals surface area contributed by atoms with E-state index in [2.05, 4.69) is 60.5 Å². The Hall–Kier alpha value is -1.80. The van der Waals surface area contributed by atoms with Crippen molar-refractivity contribution in [2.45, 2.75) is 12.5 Å². The van der Waals surface area contributed by atoms with Crippen molar-refractivity contribution in [1.29, 1.82) is 0 Å². The first-order chi connectivity index (χ1) is 9.28. The van der Waals surface area contributed by atoms with Crippen LogP contribution in [0, 0.1) is 0 Å². The van der Waals surface area contributed by atoms with Crippen LogP contribution in [0.3, 0.4) is 0 Å². The van der Waals surface area contributed by atoms with Gasteiger partial charge < -0.3 is 9.64 Å². The monoisotopic (exact) mass is 253 g/mol. The standard InChI is InChI=1S/C17H19NO/c1-18-11-14-10-15(19-2)8-9-16(14)17(12-18)13-6-4-3-5-7-13/h3-10,17H,11-12H2,1-2H3/t17-/m1/s1. The molecule has 0 bridgehead atoms. The first-order valence-electron chi connectivity index (χ1n) is 6.68. The Balaban J connectivity index is 2.05. The van der Waals surface area contributed by atoms with Gasteiger partial charge in [-0.15, -0.1) is 0 Å². The Morgan fingerprint density at radius 1 is 1.11 bits per heavy atom. The van der Waals surface area contributed by atoms with Gasteiger partial charge in [0.15, 0.2) is 0 Å². The lowest BCUT2D eigenvalue weighted by atomic mass is 9.85. The highest BCUT2D eigenvalue weighted by atomic mass is 16.5. The Bertz CT molecular complexity index is 565. The summed E-state index contributed by atoms with van der Waals surface area (Å²) in [6.45, 7) is 2.07. The third kappa shape index (κ3) is 2.36. The van der Waals surface area contributed by atoms with E-state index >= 15 is 0 Å². The molecule has 0 fully saturated rings. The lowest BCUT2D eigenvalue weighted by Crippen LogP contribution is -2.30. The normalized spacial score (nSPS) is 18.9. The van der Waals surface area contributed by atoms with E-state index < -0.39 is 0 Å². The fourth-order valence-corrected chi connectivity index (χ4v) is 2.92. The first kappa shape index (κ1) is 12.2. The number of methoxy groups -OCH3 is 1. The molecule has 0 unspecified atom stereocenters.